The topological polar surface area (TPSA) is 70.0 Å². The first kappa shape index (κ1) is 23.3. The van der Waals surface area contributed by atoms with E-state index in [4.69, 9.17) is 0 Å². The zero-order chi connectivity index (χ0) is 19.9. The second kappa shape index (κ2) is 11.2. The molecule has 2 heterocycles. The third-order valence-electron chi connectivity index (χ3n) is 4.96. The molecule has 3 aromatic rings. The number of hydrogen-bond acceptors (Lipinski definition) is 2. The van der Waals surface area contributed by atoms with Gasteiger partial charge in [0.25, 0.3) is 0 Å². The van der Waals surface area contributed by atoms with Crippen molar-refractivity contribution in [3.63, 3.8) is 0 Å². The Balaban J connectivity index is 0.00000300. The van der Waals surface area contributed by atoms with E-state index in [1.165, 1.54) is 22.0 Å². The average molecular weight is 508 g/mol. The summed E-state index contributed by atoms with van der Waals surface area (Å²) < 4.78 is 2.20. The Labute approximate surface area is 190 Å². The molecular formula is C22H33IN6. The lowest BCUT2D eigenvalue weighted by Gasteiger charge is -2.14. The number of imidazole rings is 1. The van der Waals surface area contributed by atoms with Crippen LogP contribution in [0.1, 0.15) is 37.7 Å². The van der Waals surface area contributed by atoms with Crippen LogP contribution in [0.25, 0.3) is 10.9 Å². The molecule has 0 saturated carbocycles. The van der Waals surface area contributed by atoms with Gasteiger partial charge in [0, 0.05) is 49.6 Å². The number of halogens is 1. The molecule has 0 amide bonds. The number of benzene rings is 1. The minimum Gasteiger partial charge on any atom is -0.361 e. The fourth-order valence-corrected chi connectivity index (χ4v) is 3.54. The van der Waals surface area contributed by atoms with Crippen molar-refractivity contribution in [3.8, 4) is 0 Å². The highest BCUT2D eigenvalue weighted by Gasteiger charge is 2.08. The maximum atomic E-state index is 4.46. The fraction of sp³-hybridized carbons (Fsp3) is 0.455. The highest BCUT2D eigenvalue weighted by atomic mass is 127. The van der Waals surface area contributed by atoms with Gasteiger partial charge in [0.05, 0.1) is 6.54 Å². The summed E-state index contributed by atoms with van der Waals surface area (Å²) >= 11 is 0. The predicted molar refractivity (Wildman–Crippen MR) is 132 cm³/mol. The molecule has 6 nitrogen and oxygen atoms in total. The number of nitrogens with zero attached hydrogens (tertiary/aromatic N) is 3. The lowest BCUT2D eigenvalue weighted by molar-refractivity contribution is 0.503. The average Bonchev–Trinajstić information content (AvgIpc) is 3.30. The fourth-order valence-electron chi connectivity index (χ4n) is 3.54. The van der Waals surface area contributed by atoms with Crippen LogP contribution < -0.4 is 10.6 Å². The number of H-pyrrole nitrogens is 1. The van der Waals surface area contributed by atoms with E-state index in [1.807, 2.05) is 12.4 Å². The number of aromatic nitrogens is 3. The largest absolute Gasteiger partial charge is 0.361 e. The summed E-state index contributed by atoms with van der Waals surface area (Å²) in [6.07, 6.45) is 8.00. The molecule has 0 aliphatic heterocycles. The first-order valence-corrected chi connectivity index (χ1v) is 10.1. The Morgan fingerprint density at radius 1 is 1.24 bits per heavy atom. The van der Waals surface area contributed by atoms with Gasteiger partial charge in [-0.3, -0.25) is 4.99 Å². The summed E-state index contributed by atoms with van der Waals surface area (Å²) in [5, 5.41) is 8.10. The van der Waals surface area contributed by atoms with E-state index in [2.05, 4.69) is 75.3 Å². The lowest BCUT2D eigenvalue weighted by atomic mass is 10.1. The van der Waals surface area contributed by atoms with Crippen molar-refractivity contribution in [1.29, 1.82) is 0 Å². The quantitative estimate of drug-likeness (QED) is 0.244. The summed E-state index contributed by atoms with van der Waals surface area (Å²) in [4.78, 5) is 12.2. The maximum absolute atomic E-state index is 4.46. The molecule has 0 spiro atoms. The Kier molecular flexibility index (Phi) is 9.00. The first-order valence-electron chi connectivity index (χ1n) is 10.1. The van der Waals surface area contributed by atoms with Crippen LogP contribution in [-0.4, -0.2) is 34.1 Å². The van der Waals surface area contributed by atoms with E-state index in [-0.39, 0.29) is 24.0 Å². The Bertz CT molecular complexity index is 924. The molecule has 0 saturated heterocycles. The van der Waals surface area contributed by atoms with Gasteiger partial charge in [0.2, 0.25) is 0 Å². The molecule has 158 valence electrons. The number of fused-ring (bicyclic) bond motifs is 1. The van der Waals surface area contributed by atoms with Crippen molar-refractivity contribution < 1.29 is 0 Å². The summed E-state index contributed by atoms with van der Waals surface area (Å²) in [5.74, 6) is 2.42. The summed E-state index contributed by atoms with van der Waals surface area (Å²) in [5.41, 5.74) is 3.96. The Morgan fingerprint density at radius 2 is 2.07 bits per heavy atom. The number of rotatable bonds is 8. The SMILES string of the molecule is CCc1cccc2c(CCNC(=NC)NCc3nccn3CC(C)C)c[nH]c12.I. The molecule has 0 aliphatic rings. The van der Waals surface area contributed by atoms with Gasteiger partial charge < -0.3 is 20.2 Å². The van der Waals surface area contributed by atoms with Gasteiger partial charge in [-0.15, -0.1) is 24.0 Å². The summed E-state index contributed by atoms with van der Waals surface area (Å²) in [6, 6.07) is 6.53. The van der Waals surface area contributed by atoms with E-state index >= 15 is 0 Å². The van der Waals surface area contributed by atoms with Crippen molar-refractivity contribution in [2.75, 3.05) is 13.6 Å². The number of hydrogen-bond donors (Lipinski definition) is 3. The van der Waals surface area contributed by atoms with Crippen LogP contribution in [0.5, 0.6) is 0 Å². The second-order valence-corrected chi connectivity index (χ2v) is 7.50. The van der Waals surface area contributed by atoms with Gasteiger partial charge in [-0.05, 0) is 29.9 Å². The Hall–Kier alpha value is -2.03. The number of aryl methyl sites for hydroxylation is 1. The second-order valence-electron chi connectivity index (χ2n) is 7.50. The zero-order valence-corrected chi connectivity index (χ0v) is 20.2. The minimum atomic E-state index is 0. The number of aromatic amines is 1. The normalized spacial score (nSPS) is 11.7. The number of aliphatic imine (C=N–C) groups is 1. The summed E-state index contributed by atoms with van der Waals surface area (Å²) in [6.45, 7) is 9.08. The minimum absolute atomic E-state index is 0. The zero-order valence-electron chi connectivity index (χ0n) is 17.8. The van der Waals surface area contributed by atoms with Crippen LogP contribution in [0.15, 0.2) is 41.8 Å². The van der Waals surface area contributed by atoms with E-state index in [0.717, 1.165) is 37.7 Å². The molecule has 0 bridgehead atoms. The molecular weight excluding hydrogens is 475 g/mol. The maximum Gasteiger partial charge on any atom is 0.191 e. The van der Waals surface area contributed by atoms with Crippen LogP contribution >= 0.6 is 24.0 Å². The Morgan fingerprint density at radius 3 is 2.79 bits per heavy atom. The molecule has 0 unspecified atom stereocenters. The molecule has 3 rings (SSSR count). The van der Waals surface area contributed by atoms with Gasteiger partial charge in [-0.2, -0.15) is 0 Å². The van der Waals surface area contributed by atoms with Crippen molar-refractivity contribution >= 4 is 40.8 Å². The van der Waals surface area contributed by atoms with Gasteiger partial charge in [0.15, 0.2) is 5.96 Å². The van der Waals surface area contributed by atoms with E-state index < -0.39 is 0 Å². The molecule has 0 fully saturated rings. The van der Waals surface area contributed by atoms with Gasteiger partial charge >= 0.3 is 0 Å². The monoisotopic (exact) mass is 508 g/mol. The van der Waals surface area contributed by atoms with Gasteiger partial charge in [0.1, 0.15) is 5.82 Å². The lowest BCUT2D eigenvalue weighted by Crippen LogP contribution is -2.38. The highest BCUT2D eigenvalue weighted by Crippen LogP contribution is 2.22. The van der Waals surface area contributed by atoms with Crippen molar-refractivity contribution in [3.05, 3.63) is 53.7 Å². The van der Waals surface area contributed by atoms with Crippen molar-refractivity contribution in [1.82, 2.24) is 25.2 Å². The number of guanidine groups is 1. The van der Waals surface area contributed by atoms with Gasteiger partial charge in [-0.1, -0.05) is 39.0 Å². The van der Waals surface area contributed by atoms with Crippen LogP contribution in [0.3, 0.4) is 0 Å². The standard InChI is InChI=1S/C22H32N6.HI/c1-5-17-7-6-8-19-18(13-26-21(17)19)9-10-25-22(23-4)27-14-20-24-11-12-28(20)15-16(2)3;/h6-8,11-13,16,26H,5,9-10,14-15H2,1-4H3,(H2,23,25,27);1H. The molecule has 29 heavy (non-hydrogen) atoms. The van der Waals surface area contributed by atoms with Crippen molar-refractivity contribution in [2.45, 2.75) is 46.7 Å². The third-order valence-corrected chi connectivity index (χ3v) is 4.96. The predicted octanol–water partition coefficient (Wildman–Crippen LogP) is 4.11. The molecule has 7 heteroatoms. The number of para-hydroxylation sites is 1. The number of nitrogens with one attached hydrogen (secondary N) is 3. The van der Waals surface area contributed by atoms with Crippen molar-refractivity contribution in [2.24, 2.45) is 10.9 Å². The summed E-state index contributed by atoms with van der Waals surface area (Å²) in [7, 11) is 1.80. The smallest absolute Gasteiger partial charge is 0.191 e. The molecule has 1 aromatic carbocycles. The molecule has 0 atom stereocenters. The van der Waals surface area contributed by atoms with E-state index in [1.54, 1.807) is 7.05 Å². The highest BCUT2D eigenvalue weighted by molar-refractivity contribution is 14.0. The van der Waals surface area contributed by atoms with Crippen LogP contribution in [0.2, 0.25) is 0 Å². The van der Waals surface area contributed by atoms with Gasteiger partial charge in [-0.25, -0.2) is 4.98 Å². The van der Waals surface area contributed by atoms with E-state index in [9.17, 15) is 0 Å². The molecule has 2 aromatic heterocycles. The third kappa shape index (κ3) is 5.98. The van der Waals surface area contributed by atoms with Crippen LogP contribution in [0.4, 0.5) is 0 Å². The molecule has 3 N–H and O–H groups in total. The van der Waals surface area contributed by atoms with E-state index in [0.29, 0.717) is 12.5 Å². The van der Waals surface area contributed by atoms with Crippen LogP contribution in [-0.2, 0) is 25.9 Å². The van der Waals surface area contributed by atoms with Crippen LogP contribution in [0, 0.1) is 5.92 Å². The first-order chi connectivity index (χ1) is 13.6. The molecule has 0 radical (unpaired) electrons. The molecule has 0 aliphatic carbocycles.